The molecule has 0 aliphatic rings. The Morgan fingerprint density at radius 3 is 2.44 bits per heavy atom. The first kappa shape index (κ1) is 15.4. The van der Waals surface area contributed by atoms with Gasteiger partial charge < -0.3 is 10.2 Å². The highest BCUT2D eigenvalue weighted by Gasteiger charge is 2.16. The summed E-state index contributed by atoms with van der Waals surface area (Å²) in [6, 6.07) is 5.56. The number of benzene rings is 1. The SMILES string of the molecule is CCSc1cccc(SCC(C)CO)c1C(=O)O. The lowest BCUT2D eigenvalue weighted by molar-refractivity contribution is 0.0689. The normalized spacial score (nSPS) is 12.4. The molecule has 3 nitrogen and oxygen atoms in total. The van der Waals surface area contributed by atoms with Crippen LogP contribution in [0.1, 0.15) is 24.2 Å². The van der Waals surface area contributed by atoms with Gasteiger partial charge in [-0.3, -0.25) is 0 Å². The molecule has 0 aromatic heterocycles. The maximum Gasteiger partial charge on any atom is 0.337 e. The molecule has 1 unspecified atom stereocenters. The van der Waals surface area contributed by atoms with Gasteiger partial charge in [0, 0.05) is 22.2 Å². The van der Waals surface area contributed by atoms with Crippen LogP contribution >= 0.6 is 23.5 Å². The number of hydrogen-bond donors (Lipinski definition) is 2. The Bertz CT molecular complexity index is 407. The van der Waals surface area contributed by atoms with Gasteiger partial charge in [-0.15, -0.1) is 23.5 Å². The number of aromatic carboxylic acids is 1. The predicted octanol–water partition coefficient (Wildman–Crippen LogP) is 3.22. The lowest BCUT2D eigenvalue weighted by Gasteiger charge is -2.12. The Labute approximate surface area is 116 Å². The van der Waals surface area contributed by atoms with Gasteiger partial charge in [0.1, 0.15) is 0 Å². The highest BCUT2D eigenvalue weighted by Crippen LogP contribution is 2.32. The topological polar surface area (TPSA) is 57.5 Å². The number of carboxylic acid groups (broad SMARTS) is 1. The van der Waals surface area contributed by atoms with E-state index >= 15 is 0 Å². The van der Waals surface area contributed by atoms with Crippen LogP contribution in [0.5, 0.6) is 0 Å². The van der Waals surface area contributed by atoms with Crippen LogP contribution in [-0.4, -0.2) is 34.3 Å². The maximum atomic E-state index is 11.4. The number of thioether (sulfide) groups is 2. The van der Waals surface area contributed by atoms with Gasteiger partial charge in [-0.25, -0.2) is 4.79 Å². The van der Waals surface area contributed by atoms with Gasteiger partial charge in [-0.2, -0.15) is 0 Å². The van der Waals surface area contributed by atoms with Crippen molar-refractivity contribution >= 4 is 29.5 Å². The quantitative estimate of drug-likeness (QED) is 0.754. The third-order valence-electron chi connectivity index (χ3n) is 2.34. The number of carbonyl (C=O) groups is 1. The van der Waals surface area contributed by atoms with Crippen LogP contribution in [-0.2, 0) is 0 Å². The molecule has 0 aliphatic carbocycles. The second-order valence-corrected chi connectivity index (χ2v) is 6.33. The van der Waals surface area contributed by atoms with E-state index in [1.807, 2.05) is 32.0 Å². The molecule has 2 N–H and O–H groups in total. The summed E-state index contributed by atoms with van der Waals surface area (Å²) in [5, 5.41) is 18.3. The Morgan fingerprint density at radius 1 is 1.33 bits per heavy atom. The van der Waals surface area contributed by atoms with Gasteiger partial charge >= 0.3 is 5.97 Å². The molecule has 0 saturated carbocycles. The van der Waals surface area contributed by atoms with Gasteiger partial charge in [0.05, 0.1) is 5.56 Å². The van der Waals surface area contributed by atoms with Gasteiger partial charge in [0.2, 0.25) is 0 Å². The van der Waals surface area contributed by atoms with E-state index in [9.17, 15) is 9.90 Å². The van der Waals surface area contributed by atoms with Crippen LogP contribution in [0.25, 0.3) is 0 Å². The minimum Gasteiger partial charge on any atom is -0.478 e. The lowest BCUT2D eigenvalue weighted by Crippen LogP contribution is -2.06. The fourth-order valence-electron chi connectivity index (χ4n) is 1.40. The highest BCUT2D eigenvalue weighted by atomic mass is 32.2. The van der Waals surface area contributed by atoms with E-state index in [4.69, 9.17) is 5.11 Å². The molecule has 0 amide bonds. The second-order valence-electron chi connectivity index (χ2n) is 3.97. The molecule has 1 rings (SSSR count). The van der Waals surface area contributed by atoms with E-state index < -0.39 is 5.97 Å². The lowest BCUT2D eigenvalue weighted by atomic mass is 10.2. The van der Waals surface area contributed by atoms with E-state index in [2.05, 4.69) is 0 Å². The zero-order valence-corrected chi connectivity index (χ0v) is 12.2. The summed E-state index contributed by atoms with van der Waals surface area (Å²) in [6.07, 6.45) is 0. The molecule has 0 radical (unpaired) electrons. The zero-order valence-electron chi connectivity index (χ0n) is 10.5. The second kappa shape index (κ2) is 7.71. The third kappa shape index (κ3) is 4.23. The molecule has 0 bridgehead atoms. The van der Waals surface area contributed by atoms with Crippen molar-refractivity contribution < 1.29 is 15.0 Å². The largest absolute Gasteiger partial charge is 0.478 e. The number of rotatable bonds is 7. The minimum atomic E-state index is -0.884. The van der Waals surface area contributed by atoms with Crippen molar-refractivity contribution in [3.05, 3.63) is 23.8 Å². The number of aliphatic hydroxyl groups excluding tert-OH is 1. The molecule has 0 spiro atoms. The fourth-order valence-corrected chi connectivity index (χ4v) is 3.38. The summed E-state index contributed by atoms with van der Waals surface area (Å²) in [6.45, 7) is 4.07. The van der Waals surface area contributed by atoms with Crippen LogP contribution in [0.3, 0.4) is 0 Å². The van der Waals surface area contributed by atoms with Gasteiger partial charge in [-0.05, 0) is 23.8 Å². The molecule has 1 aromatic rings. The molecule has 100 valence electrons. The Balaban J connectivity index is 2.95. The first-order valence-corrected chi connectivity index (χ1v) is 7.80. The first-order valence-electron chi connectivity index (χ1n) is 5.82. The average Bonchev–Trinajstić information content (AvgIpc) is 2.36. The van der Waals surface area contributed by atoms with Crippen molar-refractivity contribution in [1.29, 1.82) is 0 Å². The summed E-state index contributed by atoms with van der Waals surface area (Å²) in [4.78, 5) is 12.9. The smallest absolute Gasteiger partial charge is 0.337 e. The molecule has 1 atom stereocenters. The Morgan fingerprint density at radius 2 is 1.94 bits per heavy atom. The maximum absolute atomic E-state index is 11.4. The number of aliphatic hydroxyl groups is 1. The van der Waals surface area contributed by atoms with Crippen molar-refractivity contribution in [2.75, 3.05) is 18.1 Å². The molecule has 18 heavy (non-hydrogen) atoms. The van der Waals surface area contributed by atoms with Crippen LogP contribution < -0.4 is 0 Å². The Hall–Kier alpha value is -0.650. The van der Waals surface area contributed by atoms with E-state index in [-0.39, 0.29) is 12.5 Å². The van der Waals surface area contributed by atoms with Crippen molar-refractivity contribution in [3.63, 3.8) is 0 Å². The summed E-state index contributed by atoms with van der Waals surface area (Å²) in [7, 11) is 0. The molecule has 0 fully saturated rings. The highest BCUT2D eigenvalue weighted by molar-refractivity contribution is 8.00. The molecule has 0 heterocycles. The molecular formula is C13H18O3S2. The summed E-state index contributed by atoms with van der Waals surface area (Å²) in [5.74, 6) is 0.850. The van der Waals surface area contributed by atoms with E-state index in [0.717, 1.165) is 21.3 Å². The number of carboxylic acids is 1. The van der Waals surface area contributed by atoms with Crippen LogP contribution in [0.15, 0.2) is 28.0 Å². The van der Waals surface area contributed by atoms with Crippen molar-refractivity contribution in [2.24, 2.45) is 5.92 Å². The molecule has 0 aliphatic heterocycles. The summed E-state index contributed by atoms with van der Waals surface area (Å²) < 4.78 is 0. The van der Waals surface area contributed by atoms with Crippen LogP contribution in [0.4, 0.5) is 0 Å². The van der Waals surface area contributed by atoms with Gasteiger partial charge in [-0.1, -0.05) is 19.9 Å². The van der Waals surface area contributed by atoms with E-state index in [1.165, 1.54) is 11.8 Å². The van der Waals surface area contributed by atoms with Crippen LogP contribution in [0, 0.1) is 5.92 Å². The molecule has 5 heteroatoms. The van der Waals surface area contributed by atoms with Crippen molar-refractivity contribution in [3.8, 4) is 0 Å². The molecule has 0 saturated heterocycles. The number of hydrogen-bond acceptors (Lipinski definition) is 4. The zero-order chi connectivity index (χ0) is 13.5. The van der Waals surface area contributed by atoms with Crippen LogP contribution in [0.2, 0.25) is 0 Å². The monoisotopic (exact) mass is 286 g/mol. The predicted molar refractivity (Wildman–Crippen MR) is 76.8 cm³/mol. The molecule has 1 aromatic carbocycles. The Kier molecular flexibility index (Phi) is 6.60. The third-order valence-corrected chi connectivity index (χ3v) is 4.66. The average molecular weight is 286 g/mol. The first-order chi connectivity index (χ1) is 8.60. The minimum absolute atomic E-state index is 0.124. The van der Waals surface area contributed by atoms with Crippen molar-refractivity contribution in [1.82, 2.24) is 0 Å². The fraction of sp³-hybridized carbons (Fsp3) is 0.462. The van der Waals surface area contributed by atoms with E-state index in [1.54, 1.807) is 11.8 Å². The van der Waals surface area contributed by atoms with Gasteiger partial charge in [0.25, 0.3) is 0 Å². The van der Waals surface area contributed by atoms with Gasteiger partial charge in [0.15, 0.2) is 0 Å². The van der Waals surface area contributed by atoms with E-state index in [0.29, 0.717) is 5.56 Å². The van der Waals surface area contributed by atoms with Crippen molar-refractivity contribution in [2.45, 2.75) is 23.6 Å². The summed E-state index contributed by atoms with van der Waals surface area (Å²) >= 11 is 3.03. The molecular weight excluding hydrogens is 268 g/mol. The summed E-state index contributed by atoms with van der Waals surface area (Å²) in [5.41, 5.74) is 0.388. The standard InChI is InChI=1S/C13H18O3S2/c1-3-17-10-5-4-6-11(12(10)13(15)16)18-8-9(2)7-14/h4-6,9,14H,3,7-8H2,1-2H3,(H,15,16).